The minimum atomic E-state index is -0.608. The summed E-state index contributed by atoms with van der Waals surface area (Å²) in [5.41, 5.74) is 0.897. The Hall–Kier alpha value is -2.47. The van der Waals surface area contributed by atoms with E-state index in [0.717, 1.165) is 5.56 Å². The van der Waals surface area contributed by atoms with Crippen molar-refractivity contribution >= 4 is 23.4 Å². The number of hydrogen-bond acceptors (Lipinski definition) is 4. The molecule has 0 bridgehead atoms. The van der Waals surface area contributed by atoms with Crippen LogP contribution in [0.25, 0.3) is 0 Å². The molecule has 1 unspecified atom stereocenters. The first-order chi connectivity index (χ1) is 12.5. The first-order valence-corrected chi connectivity index (χ1v) is 8.88. The summed E-state index contributed by atoms with van der Waals surface area (Å²) < 4.78 is 10.9. The van der Waals surface area contributed by atoms with E-state index in [4.69, 9.17) is 20.8 Å². The molecule has 1 aliphatic rings. The van der Waals surface area contributed by atoms with Crippen LogP contribution in [-0.2, 0) is 4.79 Å². The van der Waals surface area contributed by atoms with E-state index in [-0.39, 0.29) is 11.8 Å². The SMILES string of the molecule is Cc1cc(OC(C)C(=O)N2CCN(C(=O)c3ccco3)CC2)ccc1Cl. The van der Waals surface area contributed by atoms with Gasteiger partial charge in [0.2, 0.25) is 0 Å². The van der Waals surface area contributed by atoms with Gasteiger partial charge in [0.05, 0.1) is 6.26 Å². The highest BCUT2D eigenvalue weighted by Crippen LogP contribution is 2.22. The molecule has 7 heteroatoms. The van der Waals surface area contributed by atoms with Crippen molar-refractivity contribution in [1.82, 2.24) is 9.80 Å². The molecule has 1 aliphatic heterocycles. The number of piperazine rings is 1. The van der Waals surface area contributed by atoms with Gasteiger partial charge in [0.15, 0.2) is 11.9 Å². The van der Waals surface area contributed by atoms with Crippen LogP contribution < -0.4 is 4.74 Å². The summed E-state index contributed by atoms with van der Waals surface area (Å²) in [6.45, 7) is 5.50. The third kappa shape index (κ3) is 4.02. The highest BCUT2D eigenvalue weighted by atomic mass is 35.5. The van der Waals surface area contributed by atoms with E-state index in [2.05, 4.69) is 0 Å². The van der Waals surface area contributed by atoms with E-state index in [1.165, 1.54) is 6.26 Å². The maximum Gasteiger partial charge on any atom is 0.289 e. The summed E-state index contributed by atoms with van der Waals surface area (Å²) in [7, 11) is 0. The highest BCUT2D eigenvalue weighted by molar-refractivity contribution is 6.31. The minimum Gasteiger partial charge on any atom is -0.481 e. The van der Waals surface area contributed by atoms with Crippen LogP contribution in [0.2, 0.25) is 5.02 Å². The highest BCUT2D eigenvalue weighted by Gasteiger charge is 2.29. The van der Waals surface area contributed by atoms with Crippen LogP contribution >= 0.6 is 11.6 Å². The number of aryl methyl sites for hydroxylation is 1. The molecule has 26 heavy (non-hydrogen) atoms. The Kier molecular flexibility index (Phi) is 5.52. The van der Waals surface area contributed by atoms with Gasteiger partial charge in [0.1, 0.15) is 5.75 Å². The molecule has 1 saturated heterocycles. The van der Waals surface area contributed by atoms with Crippen molar-refractivity contribution in [2.75, 3.05) is 26.2 Å². The van der Waals surface area contributed by atoms with Crippen LogP contribution in [0, 0.1) is 6.92 Å². The molecule has 2 amide bonds. The number of hydrogen-bond donors (Lipinski definition) is 0. The molecule has 1 atom stereocenters. The lowest BCUT2D eigenvalue weighted by Gasteiger charge is -2.35. The summed E-state index contributed by atoms with van der Waals surface area (Å²) in [6, 6.07) is 8.64. The van der Waals surface area contributed by atoms with Crippen LogP contribution in [0.3, 0.4) is 0 Å². The van der Waals surface area contributed by atoms with Crippen molar-refractivity contribution in [2.24, 2.45) is 0 Å². The number of benzene rings is 1. The molecule has 3 rings (SSSR count). The summed E-state index contributed by atoms with van der Waals surface area (Å²) in [6.07, 6.45) is 0.868. The van der Waals surface area contributed by atoms with E-state index >= 15 is 0 Å². The van der Waals surface area contributed by atoms with Gasteiger partial charge in [0.25, 0.3) is 11.8 Å². The zero-order chi connectivity index (χ0) is 18.7. The summed E-state index contributed by atoms with van der Waals surface area (Å²) in [4.78, 5) is 28.3. The van der Waals surface area contributed by atoms with Gasteiger partial charge in [-0.2, -0.15) is 0 Å². The van der Waals surface area contributed by atoms with Crippen molar-refractivity contribution in [3.05, 3.63) is 52.9 Å². The topological polar surface area (TPSA) is 63.0 Å². The molecule has 138 valence electrons. The number of carbonyl (C=O) groups excluding carboxylic acids is 2. The molecule has 0 spiro atoms. The monoisotopic (exact) mass is 376 g/mol. The number of ether oxygens (including phenoxy) is 1. The van der Waals surface area contributed by atoms with E-state index in [1.807, 2.05) is 13.0 Å². The molecule has 0 radical (unpaired) electrons. The Morgan fingerprint density at radius 3 is 2.46 bits per heavy atom. The van der Waals surface area contributed by atoms with E-state index < -0.39 is 6.10 Å². The zero-order valence-electron chi connectivity index (χ0n) is 14.8. The Morgan fingerprint density at radius 1 is 1.15 bits per heavy atom. The molecule has 0 saturated carbocycles. The predicted molar refractivity (Wildman–Crippen MR) is 97.5 cm³/mol. The Bertz CT molecular complexity index is 783. The molecule has 2 aromatic rings. The van der Waals surface area contributed by atoms with Crippen LogP contribution in [-0.4, -0.2) is 53.9 Å². The molecule has 1 aromatic carbocycles. The average molecular weight is 377 g/mol. The lowest BCUT2D eigenvalue weighted by atomic mass is 10.2. The van der Waals surface area contributed by atoms with Gasteiger partial charge in [-0.05, 0) is 49.7 Å². The maximum absolute atomic E-state index is 12.6. The maximum atomic E-state index is 12.6. The second-order valence-electron chi connectivity index (χ2n) is 6.27. The van der Waals surface area contributed by atoms with Gasteiger partial charge < -0.3 is 19.0 Å². The summed E-state index contributed by atoms with van der Waals surface area (Å²) in [5.74, 6) is 0.685. The predicted octanol–water partition coefficient (Wildman–Crippen LogP) is 2.99. The van der Waals surface area contributed by atoms with Gasteiger partial charge in [-0.25, -0.2) is 0 Å². The standard InChI is InChI=1S/C19H21ClN2O4/c1-13-12-15(5-6-16(13)20)26-14(2)18(23)21-7-9-22(10-8-21)19(24)17-4-3-11-25-17/h3-6,11-12,14H,7-10H2,1-2H3. The van der Waals surface area contributed by atoms with Crippen molar-refractivity contribution in [3.63, 3.8) is 0 Å². The van der Waals surface area contributed by atoms with Crippen LogP contribution in [0.1, 0.15) is 23.0 Å². The number of amides is 2. The van der Waals surface area contributed by atoms with Crippen LogP contribution in [0.5, 0.6) is 5.75 Å². The number of halogens is 1. The van der Waals surface area contributed by atoms with Gasteiger partial charge >= 0.3 is 0 Å². The molecule has 6 nitrogen and oxygen atoms in total. The fourth-order valence-corrected chi connectivity index (χ4v) is 3.01. The van der Waals surface area contributed by atoms with E-state index in [1.54, 1.807) is 41.0 Å². The zero-order valence-corrected chi connectivity index (χ0v) is 15.5. The van der Waals surface area contributed by atoms with Crippen molar-refractivity contribution < 1.29 is 18.7 Å². The summed E-state index contributed by atoms with van der Waals surface area (Å²) >= 11 is 6.01. The van der Waals surface area contributed by atoms with Gasteiger partial charge in [0, 0.05) is 31.2 Å². The minimum absolute atomic E-state index is 0.0947. The molecular formula is C19H21ClN2O4. The smallest absolute Gasteiger partial charge is 0.289 e. The van der Waals surface area contributed by atoms with Crippen molar-refractivity contribution in [2.45, 2.75) is 20.0 Å². The molecule has 1 aromatic heterocycles. The number of furan rings is 1. The Balaban J connectivity index is 1.54. The third-order valence-electron chi connectivity index (χ3n) is 4.40. The summed E-state index contributed by atoms with van der Waals surface area (Å²) in [5, 5.41) is 0.661. The molecular weight excluding hydrogens is 356 g/mol. The molecule has 1 fully saturated rings. The van der Waals surface area contributed by atoms with Gasteiger partial charge in [-0.15, -0.1) is 0 Å². The third-order valence-corrected chi connectivity index (χ3v) is 4.82. The quantitative estimate of drug-likeness (QED) is 0.822. The lowest BCUT2D eigenvalue weighted by Crippen LogP contribution is -2.53. The average Bonchev–Trinajstić information content (AvgIpc) is 3.18. The van der Waals surface area contributed by atoms with Crippen LogP contribution in [0.4, 0.5) is 0 Å². The number of nitrogens with zero attached hydrogens (tertiary/aromatic N) is 2. The first-order valence-electron chi connectivity index (χ1n) is 8.50. The van der Waals surface area contributed by atoms with Gasteiger partial charge in [-0.3, -0.25) is 9.59 Å². The largest absolute Gasteiger partial charge is 0.481 e. The molecule has 0 aliphatic carbocycles. The van der Waals surface area contributed by atoms with E-state index in [0.29, 0.717) is 42.7 Å². The molecule has 0 N–H and O–H groups in total. The number of carbonyl (C=O) groups is 2. The van der Waals surface area contributed by atoms with Crippen molar-refractivity contribution in [3.8, 4) is 5.75 Å². The van der Waals surface area contributed by atoms with Gasteiger partial charge in [-0.1, -0.05) is 11.6 Å². The van der Waals surface area contributed by atoms with Crippen LogP contribution in [0.15, 0.2) is 41.0 Å². The Labute approximate surface area is 157 Å². The Morgan fingerprint density at radius 2 is 1.85 bits per heavy atom. The van der Waals surface area contributed by atoms with E-state index in [9.17, 15) is 9.59 Å². The lowest BCUT2D eigenvalue weighted by molar-refractivity contribution is -0.139. The normalized spacial score (nSPS) is 15.7. The fourth-order valence-electron chi connectivity index (χ4n) is 2.89. The molecule has 2 heterocycles. The fraction of sp³-hybridized carbons (Fsp3) is 0.368. The van der Waals surface area contributed by atoms with Crippen molar-refractivity contribution in [1.29, 1.82) is 0 Å². The second kappa shape index (κ2) is 7.83. The second-order valence-corrected chi connectivity index (χ2v) is 6.67. The number of rotatable bonds is 4. The first kappa shape index (κ1) is 18.3.